The number of imidazole rings is 1. The van der Waals surface area contributed by atoms with Gasteiger partial charge in [-0.25, -0.2) is 18.1 Å². The van der Waals surface area contributed by atoms with E-state index in [4.69, 9.17) is 5.14 Å². The van der Waals surface area contributed by atoms with Crippen LogP contribution in [0.1, 0.15) is 21.5 Å². The number of aromatic nitrogens is 4. The van der Waals surface area contributed by atoms with E-state index in [1.165, 1.54) is 12.1 Å². The summed E-state index contributed by atoms with van der Waals surface area (Å²) in [4.78, 5) is 17.0. The molecule has 9 nitrogen and oxygen atoms in total. The summed E-state index contributed by atoms with van der Waals surface area (Å²) in [5.74, 6) is -0.436. The summed E-state index contributed by atoms with van der Waals surface area (Å²) >= 11 is 0. The largest absolute Gasteiger partial charge is 0.322 e. The summed E-state index contributed by atoms with van der Waals surface area (Å²) in [5, 5.41) is 12.7. The Bertz CT molecular complexity index is 1690. The summed E-state index contributed by atoms with van der Waals surface area (Å²) in [6, 6.07) is 15.7. The Hall–Kier alpha value is -4.28. The molecule has 0 fully saturated rings. The molecule has 3 N–H and O–H groups in total. The quantitative estimate of drug-likeness (QED) is 0.392. The van der Waals surface area contributed by atoms with Crippen molar-refractivity contribution in [3.8, 4) is 16.9 Å². The van der Waals surface area contributed by atoms with Crippen LogP contribution in [0.3, 0.4) is 0 Å². The number of amides is 1. The molecule has 0 saturated heterocycles. The Kier molecular flexibility index (Phi) is 5.46. The highest BCUT2D eigenvalue weighted by Gasteiger charge is 2.16. The number of nitrogens with one attached hydrogen (secondary N) is 1. The number of carbonyl (C=O) groups is 1. The number of sulfonamides is 1. The highest BCUT2D eigenvalue weighted by atomic mass is 32.2. The van der Waals surface area contributed by atoms with Gasteiger partial charge in [-0.15, -0.1) is 0 Å². The molecule has 0 unspecified atom stereocenters. The predicted molar refractivity (Wildman–Crippen MR) is 133 cm³/mol. The summed E-state index contributed by atoms with van der Waals surface area (Å²) < 4.78 is 27.3. The first-order chi connectivity index (χ1) is 16.7. The van der Waals surface area contributed by atoms with Gasteiger partial charge in [-0.05, 0) is 67.4 Å². The molecule has 0 aliphatic carbocycles. The fourth-order valence-corrected chi connectivity index (χ4v) is 4.57. The monoisotopic (exact) mass is 486 g/mol. The molecule has 0 atom stereocenters. The molecule has 0 saturated carbocycles. The molecule has 5 aromatic rings. The topological polar surface area (TPSA) is 124 Å². The zero-order valence-electron chi connectivity index (χ0n) is 19.0. The van der Waals surface area contributed by atoms with Crippen molar-refractivity contribution >= 4 is 27.3 Å². The van der Waals surface area contributed by atoms with Crippen molar-refractivity contribution in [2.75, 3.05) is 5.32 Å². The Morgan fingerprint density at radius 3 is 2.60 bits per heavy atom. The zero-order valence-corrected chi connectivity index (χ0v) is 19.8. The van der Waals surface area contributed by atoms with E-state index in [9.17, 15) is 13.2 Å². The number of benzene rings is 2. The van der Waals surface area contributed by atoms with E-state index in [0.717, 1.165) is 28.2 Å². The number of hydrogen-bond acceptors (Lipinski definition) is 5. The van der Waals surface area contributed by atoms with Crippen LogP contribution in [0.5, 0.6) is 0 Å². The molecule has 176 valence electrons. The Balaban J connectivity index is 1.48. The maximum atomic E-state index is 12.9. The third-order valence-corrected chi connectivity index (χ3v) is 6.54. The van der Waals surface area contributed by atoms with Gasteiger partial charge in [-0.2, -0.15) is 5.10 Å². The number of fused-ring (bicyclic) bond motifs is 1. The first kappa shape index (κ1) is 22.5. The predicted octanol–water partition coefficient (Wildman–Crippen LogP) is 3.70. The molecule has 3 aromatic heterocycles. The number of nitrogens with two attached hydrogens (primary N) is 1. The van der Waals surface area contributed by atoms with Crippen molar-refractivity contribution in [2.24, 2.45) is 5.14 Å². The number of aryl methyl sites for hydroxylation is 2. The van der Waals surface area contributed by atoms with Crippen LogP contribution in [0.25, 0.3) is 22.6 Å². The highest BCUT2D eigenvalue weighted by Crippen LogP contribution is 2.26. The summed E-state index contributed by atoms with van der Waals surface area (Å²) in [6.45, 7) is 3.69. The molecule has 2 aromatic carbocycles. The van der Waals surface area contributed by atoms with Gasteiger partial charge in [0.1, 0.15) is 5.65 Å². The Morgan fingerprint density at radius 1 is 1.03 bits per heavy atom. The molecular formula is C25H22N6O3S. The second kappa shape index (κ2) is 8.49. The van der Waals surface area contributed by atoms with Gasteiger partial charge >= 0.3 is 0 Å². The third-order valence-electron chi connectivity index (χ3n) is 5.65. The van der Waals surface area contributed by atoms with Gasteiger partial charge in [0.25, 0.3) is 5.91 Å². The van der Waals surface area contributed by atoms with Crippen molar-refractivity contribution < 1.29 is 13.2 Å². The lowest BCUT2D eigenvalue weighted by Crippen LogP contribution is -2.16. The number of pyridine rings is 1. The average molecular weight is 487 g/mol. The van der Waals surface area contributed by atoms with Gasteiger partial charge in [0.2, 0.25) is 10.0 Å². The minimum atomic E-state index is -3.93. The van der Waals surface area contributed by atoms with Crippen LogP contribution in [0.4, 0.5) is 5.69 Å². The second-order valence-electron chi connectivity index (χ2n) is 8.28. The molecule has 3 heterocycles. The molecule has 0 bridgehead atoms. The van der Waals surface area contributed by atoms with Crippen LogP contribution in [-0.2, 0) is 10.0 Å². The maximum absolute atomic E-state index is 12.9. The van der Waals surface area contributed by atoms with E-state index < -0.39 is 15.9 Å². The lowest BCUT2D eigenvalue weighted by atomic mass is 10.1. The van der Waals surface area contributed by atoms with Gasteiger partial charge < -0.3 is 5.32 Å². The van der Waals surface area contributed by atoms with Crippen LogP contribution in [0, 0.1) is 13.8 Å². The first-order valence-electron chi connectivity index (χ1n) is 10.7. The van der Waals surface area contributed by atoms with E-state index in [1.54, 1.807) is 36.0 Å². The van der Waals surface area contributed by atoms with Crippen LogP contribution in [-0.4, -0.2) is 33.5 Å². The van der Waals surface area contributed by atoms with Gasteiger partial charge in [-0.1, -0.05) is 6.07 Å². The number of carbonyl (C=O) groups excluding carboxylic acids is 1. The molecule has 0 spiro atoms. The molecule has 35 heavy (non-hydrogen) atoms. The maximum Gasteiger partial charge on any atom is 0.255 e. The molecule has 0 aliphatic rings. The van der Waals surface area contributed by atoms with Gasteiger partial charge in [0, 0.05) is 47.7 Å². The van der Waals surface area contributed by atoms with Crippen molar-refractivity contribution in [2.45, 2.75) is 18.7 Å². The van der Waals surface area contributed by atoms with Crippen molar-refractivity contribution in [3.05, 3.63) is 96.1 Å². The average Bonchev–Trinajstić information content (AvgIpc) is 3.41. The summed E-state index contributed by atoms with van der Waals surface area (Å²) in [7, 11) is -3.93. The highest BCUT2D eigenvalue weighted by molar-refractivity contribution is 7.89. The Morgan fingerprint density at radius 2 is 1.86 bits per heavy atom. The standard InChI is InChI=1S/C25H22N6O3S/c1-16-10-19(12-21(11-16)35(26,33)34)25(32)28-20-6-5-17(2)23(13-20)30-8-9-31-24(30)14-22(29-31)18-4-3-7-27-15-18/h3-15H,1-2H3,(H,28,32)(H2,26,33,34). The lowest BCUT2D eigenvalue weighted by Gasteiger charge is -2.12. The van der Waals surface area contributed by atoms with Crippen LogP contribution >= 0.6 is 0 Å². The van der Waals surface area contributed by atoms with Gasteiger partial charge in [-0.3, -0.25) is 14.3 Å². The fourth-order valence-electron chi connectivity index (χ4n) is 3.93. The molecule has 1 amide bonds. The minimum Gasteiger partial charge on any atom is -0.322 e. The number of primary sulfonamides is 1. The van der Waals surface area contributed by atoms with Gasteiger partial charge in [0.15, 0.2) is 0 Å². The van der Waals surface area contributed by atoms with E-state index in [2.05, 4.69) is 15.4 Å². The molecular weight excluding hydrogens is 464 g/mol. The third kappa shape index (κ3) is 4.44. The Labute approximate surface area is 201 Å². The van der Waals surface area contributed by atoms with Gasteiger partial charge in [0.05, 0.1) is 16.3 Å². The molecule has 5 rings (SSSR count). The van der Waals surface area contributed by atoms with Crippen molar-refractivity contribution in [1.82, 2.24) is 19.2 Å². The number of rotatable bonds is 5. The fraction of sp³-hybridized carbons (Fsp3) is 0.0800. The lowest BCUT2D eigenvalue weighted by molar-refractivity contribution is 0.102. The number of hydrogen-bond donors (Lipinski definition) is 2. The van der Waals surface area contributed by atoms with E-state index in [-0.39, 0.29) is 10.5 Å². The van der Waals surface area contributed by atoms with Crippen LogP contribution in [0.15, 0.2) is 84.3 Å². The zero-order chi connectivity index (χ0) is 24.7. The summed E-state index contributed by atoms with van der Waals surface area (Å²) in [6.07, 6.45) is 7.25. The second-order valence-corrected chi connectivity index (χ2v) is 9.84. The molecule has 0 aliphatic heterocycles. The SMILES string of the molecule is Cc1cc(C(=O)Nc2ccc(C)c(-n3ccn4nc(-c5cccnc5)cc34)c2)cc(S(N)(=O)=O)c1. The van der Waals surface area contributed by atoms with Crippen LogP contribution in [0.2, 0.25) is 0 Å². The van der Waals surface area contributed by atoms with Crippen LogP contribution < -0.4 is 10.5 Å². The number of nitrogens with zero attached hydrogens (tertiary/aromatic N) is 4. The van der Waals surface area contributed by atoms with Crippen molar-refractivity contribution in [3.63, 3.8) is 0 Å². The summed E-state index contributed by atoms with van der Waals surface area (Å²) in [5.41, 5.74) is 5.82. The van der Waals surface area contributed by atoms with E-state index in [1.807, 2.05) is 54.2 Å². The first-order valence-corrected chi connectivity index (χ1v) is 12.3. The van der Waals surface area contributed by atoms with E-state index in [0.29, 0.717) is 11.3 Å². The van der Waals surface area contributed by atoms with Crippen molar-refractivity contribution in [1.29, 1.82) is 0 Å². The smallest absolute Gasteiger partial charge is 0.255 e. The molecule has 0 radical (unpaired) electrons. The normalized spacial score (nSPS) is 11.6. The molecule has 10 heteroatoms. The van der Waals surface area contributed by atoms with E-state index >= 15 is 0 Å². The number of anilines is 1. The minimum absolute atomic E-state index is 0.105.